The molecule has 0 saturated heterocycles. The quantitative estimate of drug-likeness (QED) is 0.0587. The van der Waals surface area contributed by atoms with Crippen LogP contribution in [-0.2, 0) is 30.4 Å². The number of rotatable bonds is 17. The fourth-order valence-corrected chi connectivity index (χ4v) is 3.65. The van der Waals surface area contributed by atoms with Gasteiger partial charge < -0.3 is 48.5 Å². The van der Waals surface area contributed by atoms with Gasteiger partial charge in [-0.3, -0.25) is 24.2 Å². The maximum Gasteiger partial charge on any atom is 0.326 e. The first-order chi connectivity index (χ1) is 18.7. The largest absolute Gasteiger partial charge is 0.508 e. The average molecular weight is 566 g/mol. The van der Waals surface area contributed by atoms with Crippen LogP contribution in [0.3, 0.4) is 0 Å². The lowest BCUT2D eigenvalue weighted by Crippen LogP contribution is -2.57. The van der Waals surface area contributed by atoms with Gasteiger partial charge in [-0.25, -0.2) is 4.79 Å². The molecule has 1 rings (SSSR count). The monoisotopic (exact) mass is 565 g/mol. The van der Waals surface area contributed by atoms with Crippen LogP contribution in [0.4, 0.5) is 0 Å². The molecule has 4 unspecified atom stereocenters. The highest BCUT2D eigenvalue weighted by Gasteiger charge is 2.32. The third kappa shape index (κ3) is 12.9. The van der Waals surface area contributed by atoms with Gasteiger partial charge in [0, 0.05) is 6.54 Å². The topological polar surface area (TPSA) is 273 Å². The minimum absolute atomic E-state index is 0.0519. The standard InChI is InChI=1S/C25H39N7O8/c1-13(2)10-18(31-21(36)16(26)11-14-5-7-15(33)8-6-14)22(37)32-19(12-20(34)35)23(38)30-17(24(39)40)4-3-9-29-25(27)28/h5-8,13,16-19,33H,3-4,9-12,26H2,1-2H3,(H,30,38)(H,31,36)(H,32,37)(H,34,35)(H,39,40)(H4,27,28,29). The number of aromatic hydroxyl groups is 1. The Hall–Kier alpha value is -4.40. The smallest absolute Gasteiger partial charge is 0.326 e. The van der Waals surface area contributed by atoms with E-state index in [9.17, 15) is 39.3 Å². The zero-order chi connectivity index (χ0) is 30.4. The molecule has 0 bridgehead atoms. The summed E-state index contributed by atoms with van der Waals surface area (Å²) in [6, 6.07) is 0.879. The Morgan fingerprint density at radius 1 is 0.875 bits per heavy atom. The molecule has 0 saturated carbocycles. The molecule has 0 aliphatic rings. The Morgan fingerprint density at radius 2 is 1.43 bits per heavy atom. The number of phenolic OH excluding ortho intramolecular Hbond substituents is 1. The van der Waals surface area contributed by atoms with Crippen LogP contribution in [0.25, 0.3) is 0 Å². The van der Waals surface area contributed by atoms with E-state index >= 15 is 0 Å². The van der Waals surface area contributed by atoms with E-state index in [-0.39, 0.29) is 49.9 Å². The van der Waals surface area contributed by atoms with Crippen molar-refractivity contribution in [3.63, 3.8) is 0 Å². The molecule has 0 radical (unpaired) electrons. The number of phenols is 1. The number of aliphatic imine (C=N–C) groups is 1. The number of benzene rings is 1. The maximum absolute atomic E-state index is 13.1. The van der Waals surface area contributed by atoms with Crippen LogP contribution in [0, 0.1) is 5.92 Å². The Morgan fingerprint density at radius 3 is 1.95 bits per heavy atom. The molecule has 12 N–H and O–H groups in total. The predicted octanol–water partition coefficient (Wildman–Crippen LogP) is -1.62. The molecular formula is C25H39N7O8. The number of carboxylic acid groups (broad SMARTS) is 2. The Labute approximate surface area is 231 Å². The Kier molecular flexibility index (Phi) is 13.9. The maximum atomic E-state index is 13.1. The van der Waals surface area contributed by atoms with Crippen LogP contribution in [-0.4, -0.2) is 81.7 Å². The number of carbonyl (C=O) groups excluding carboxylic acids is 3. The average Bonchev–Trinajstić information content (AvgIpc) is 2.85. The van der Waals surface area contributed by atoms with Gasteiger partial charge in [0.05, 0.1) is 12.5 Å². The lowest BCUT2D eigenvalue weighted by atomic mass is 10.0. The van der Waals surface area contributed by atoms with Gasteiger partial charge >= 0.3 is 11.9 Å². The van der Waals surface area contributed by atoms with Crippen molar-refractivity contribution in [3.05, 3.63) is 29.8 Å². The summed E-state index contributed by atoms with van der Waals surface area (Å²) in [6.45, 7) is 3.71. The highest BCUT2D eigenvalue weighted by Crippen LogP contribution is 2.12. The summed E-state index contributed by atoms with van der Waals surface area (Å²) in [5, 5.41) is 35.3. The molecule has 15 nitrogen and oxygen atoms in total. The van der Waals surface area contributed by atoms with E-state index in [4.69, 9.17) is 17.2 Å². The third-order valence-electron chi connectivity index (χ3n) is 5.64. The molecule has 0 aliphatic carbocycles. The summed E-state index contributed by atoms with van der Waals surface area (Å²) in [4.78, 5) is 65.5. The molecule has 15 heteroatoms. The second kappa shape index (κ2) is 16.5. The van der Waals surface area contributed by atoms with Crippen molar-refractivity contribution in [1.82, 2.24) is 16.0 Å². The van der Waals surface area contributed by atoms with E-state index in [0.717, 1.165) is 0 Å². The van der Waals surface area contributed by atoms with Crippen LogP contribution in [0.5, 0.6) is 5.75 Å². The van der Waals surface area contributed by atoms with E-state index in [1.807, 2.05) is 0 Å². The minimum atomic E-state index is -1.62. The highest BCUT2D eigenvalue weighted by molar-refractivity contribution is 5.95. The predicted molar refractivity (Wildman–Crippen MR) is 145 cm³/mol. The first kappa shape index (κ1) is 33.6. The van der Waals surface area contributed by atoms with Crippen LogP contribution in [0.15, 0.2) is 29.3 Å². The number of nitrogens with one attached hydrogen (secondary N) is 3. The van der Waals surface area contributed by atoms with E-state index < -0.39 is 60.2 Å². The summed E-state index contributed by atoms with van der Waals surface area (Å²) < 4.78 is 0. The van der Waals surface area contributed by atoms with Crippen molar-refractivity contribution < 1.29 is 39.3 Å². The summed E-state index contributed by atoms with van der Waals surface area (Å²) in [7, 11) is 0. The summed E-state index contributed by atoms with van der Waals surface area (Å²) in [6.07, 6.45) is -0.422. The molecule has 0 fully saturated rings. The lowest BCUT2D eigenvalue weighted by molar-refractivity contribution is -0.143. The SMILES string of the molecule is CC(C)CC(NC(=O)C(N)Cc1ccc(O)cc1)C(=O)NC(CC(=O)O)C(=O)NC(CCCN=C(N)N)C(=O)O. The van der Waals surface area contributed by atoms with E-state index in [0.29, 0.717) is 5.56 Å². The van der Waals surface area contributed by atoms with Gasteiger partial charge in [0.2, 0.25) is 17.7 Å². The van der Waals surface area contributed by atoms with Crippen molar-refractivity contribution in [2.75, 3.05) is 6.54 Å². The highest BCUT2D eigenvalue weighted by atomic mass is 16.4. The number of carbonyl (C=O) groups is 5. The number of nitrogens with zero attached hydrogens (tertiary/aromatic N) is 1. The zero-order valence-electron chi connectivity index (χ0n) is 22.5. The molecule has 0 aromatic heterocycles. The van der Waals surface area contributed by atoms with E-state index in [1.54, 1.807) is 26.0 Å². The van der Waals surface area contributed by atoms with Crippen molar-refractivity contribution in [1.29, 1.82) is 0 Å². The third-order valence-corrected chi connectivity index (χ3v) is 5.64. The molecule has 0 heterocycles. The summed E-state index contributed by atoms with van der Waals surface area (Å²) >= 11 is 0. The number of amides is 3. The second-order valence-corrected chi connectivity index (χ2v) is 9.68. The summed E-state index contributed by atoms with van der Waals surface area (Å²) in [5.41, 5.74) is 17.1. The van der Waals surface area contributed by atoms with Gasteiger partial charge in [-0.05, 0) is 49.3 Å². The molecule has 40 heavy (non-hydrogen) atoms. The second-order valence-electron chi connectivity index (χ2n) is 9.68. The van der Waals surface area contributed by atoms with Crippen LogP contribution >= 0.6 is 0 Å². The van der Waals surface area contributed by atoms with Gasteiger partial charge in [-0.15, -0.1) is 0 Å². The normalized spacial score (nSPS) is 13.8. The van der Waals surface area contributed by atoms with Gasteiger partial charge in [0.1, 0.15) is 23.9 Å². The first-order valence-corrected chi connectivity index (χ1v) is 12.6. The lowest BCUT2D eigenvalue weighted by Gasteiger charge is -2.25. The molecule has 1 aromatic rings. The van der Waals surface area contributed by atoms with Crippen LogP contribution in [0.2, 0.25) is 0 Å². The van der Waals surface area contributed by atoms with Crippen molar-refractivity contribution in [2.24, 2.45) is 28.1 Å². The minimum Gasteiger partial charge on any atom is -0.508 e. The van der Waals surface area contributed by atoms with Gasteiger partial charge in [-0.1, -0.05) is 26.0 Å². The van der Waals surface area contributed by atoms with Gasteiger partial charge in [-0.2, -0.15) is 0 Å². The molecule has 4 atom stereocenters. The fraction of sp³-hybridized carbons (Fsp3) is 0.520. The van der Waals surface area contributed by atoms with Crippen LogP contribution in [0.1, 0.15) is 45.1 Å². The zero-order valence-corrected chi connectivity index (χ0v) is 22.5. The van der Waals surface area contributed by atoms with E-state index in [2.05, 4.69) is 20.9 Å². The molecule has 222 valence electrons. The fourth-order valence-electron chi connectivity index (χ4n) is 3.65. The van der Waals surface area contributed by atoms with Gasteiger partial charge in [0.15, 0.2) is 5.96 Å². The molecule has 3 amide bonds. The number of hydrogen-bond acceptors (Lipinski definition) is 8. The van der Waals surface area contributed by atoms with Gasteiger partial charge in [0.25, 0.3) is 0 Å². The summed E-state index contributed by atoms with van der Waals surface area (Å²) in [5.74, 6) is -5.51. The number of hydrogen-bond donors (Lipinski definition) is 9. The van der Waals surface area contributed by atoms with Crippen molar-refractivity contribution >= 4 is 35.6 Å². The Balaban J connectivity index is 2.95. The van der Waals surface area contributed by atoms with Crippen LogP contribution < -0.4 is 33.2 Å². The number of carboxylic acids is 2. The van der Waals surface area contributed by atoms with E-state index in [1.165, 1.54) is 12.1 Å². The first-order valence-electron chi connectivity index (χ1n) is 12.6. The number of aliphatic carboxylic acids is 2. The Bertz CT molecular complexity index is 1060. The number of guanidine groups is 1. The molecule has 0 spiro atoms. The van der Waals surface area contributed by atoms with Crippen molar-refractivity contribution in [2.45, 2.75) is 70.1 Å². The molecule has 0 aliphatic heterocycles. The molecular weight excluding hydrogens is 526 g/mol. The molecule has 1 aromatic carbocycles. The van der Waals surface area contributed by atoms with Crippen molar-refractivity contribution in [3.8, 4) is 5.75 Å². The number of nitrogens with two attached hydrogens (primary N) is 3.